The Labute approximate surface area is 69.2 Å². The Balaban J connectivity index is 2.12. The lowest BCUT2D eigenvalue weighted by molar-refractivity contribution is 0.166. The molecule has 66 valence electrons. The fraction of sp³-hybridized carbons (Fsp3) is 1.00. The van der Waals surface area contributed by atoms with Gasteiger partial charge in [-0.15, -0.1) is 0 Å². The van der Waals surface area contributed by atoms with Crippen LogP contribution >= 0.6 is 0 Å². The first kappa shape index (κ1) is 9.01. The molecule has 11 heavy (non-hydrogen) atoms. The van der Waals surface area contributed by atoms with Gasteiger partial charge >= 0.3 is 0 Å². The molecule has 0 saturated carbocycles. The summed E-state index contributed by atoms with van der Waals surface area (Å²) in [6.45, 7) is 6.21. The van der Waals surface area contributed by atoms with Crippen molar-refractivity contribution in [3.05, 3.63) is 0 Å². The Morgan fingerprint density at radius 2 is 2.36 bits per heavy atom. The highest BCUT2D eigenvalue weighted by Crippen LogP contribution is 2.14. The van der Waals surface area contributed by atoms with Crippen LogP contribution in [0.15, 0.2) is 0 Å². The smallest absolute Gasteiger partial charge is 0.0443 e. The van der Waals surface area contributed by atoms with E-state index in [9.17, 15) is 0 Å². The molecule has 0 aromatic heterocycles. The summed E-state index contributed by atoms with van der Waals surface area (Å²) in [7, 11) is 0. The van der Waals surface area contributed by atoms with Gasteiger partial charge in [0.15, 0.2) is 0 Å². The molecule has 0 aromatic carbocycles. The van der Waals surface area contributed by atoms with E-state index in [2.05, 4.69) is 11.8 Å². The number of aliphatic hydroxyl groups excluding tert-OH is 1. The number of nitrogens with zero attached hydrogens (tertiary/aromatic N) is 1. The first-order chi connectivity index (χ1) is 5.33. The van der Waals surface area contributed by atoms with Crippen molar-refractivity contribution in [2.24, 2.45) is 5.92 Å². The minimum atomic E-state index is 0.338. The van der Waals surface area contributed by atoms with E-state index < -0.39 is 0 Å². The first-order valence-corrected chi connectivity index (χ1v) is 4.66. The predicted octanol–water partition coefficient (Wildman–Crippen LogP) is 1.10. The van der Waals surface area contributed by atoms with Gasteiger partial charge in [-0.05, 0) is 31.7 Å². The minimum Gasteiger partial charge on any atom is -0.396 e. The lowest BCUT2D eigenvalue weighted by Crippen LogP contribution is -2.35. The van der Waals surface area contributed by atoms with E-state index in [4.69, 9.17) is 5.11 Å². The quantitative estimate of drug-likeness (QED) is 0.663. The molecular formula is C9H19NO. The van der Waals surface area contributed by atoms with E-state index in [-0.39, 0.29) is 0 Å². The molecule has 1 atom stereocenters. The molecule has 1 aliphatic rings. The summed E-state index contributed by atoms with van der Waals surface area (Å²) in [6, 6.07) is 0. The van der Waals surface area contributed by atoms with Gasteiger partial charge in [0.1, 0.15) is 0 Å². The van der Waals surface area contributed by atoms with Gasteiger partial charge in [0, 0.05) is 19.7 Å². The second-order valence-corrected chi connectivity index (χ2v) is 3.63. The molecule has 1 heterocycles. The molecule has 0 aliphatic carbocycles. The van der Waals surface area contributed by atoms with E-state index in [1.54, 1.807) is 0 Å². The van der Waals surface area contributed by atoms with Crippen LogP contribution in [0.5, 0.6) is 0 Å². The van der Waals surface area contributed by atoms with E-state index >= 15 is 0 Å². The van der Waals surface area contributed by atoms with Gasteiger partial charge in [0.2, 0.25) is 0 Å². The Morgan fingerprint density at radius 1 is 1.55 bits per heavy atom. The topological polar surface area (TPSA) is 23.5 Å². The molecule has 1 N–H and O–H groups in total. The molecule has 0 radical (unpaired) electrons. The Bertz CT molecular complexity index is 106. The summed E-state index contributed by atoms with van der Waals surface area (Å²) in [4.78, 5) is 2.46. The average molecular weight is 157 g/mol. The maximum Gasteiger partial charge on any atom is 0.0443 e. The molecule has 0 aromatic rings. The standard InChI is InChI=1S/C9H19NO/c1-9-4-2-5-10(8-9)6-3-7-11/h9,11H,2-8H2,1H3/t9-/m0/s1. The third kappa shape index (κ3) is 3.21. The molecule has 2 nitrogen and oxygen atoms in total. The van der Waals surface area contributed by atoms with Crippen molar-refractivity contribution >= 4 is 0 Å². The summed E-state index contributed by atoms with van der Waals surface area (Å²) in [5, 5.41) is 8.64. The largest absolute Gasteiger partial charge is 0.396 e. The molecule has 0 amide bonds. The zero-order chi connectivity index (χ0) is 8.10. The molecule has 1 aliphatic heterocycles. The van der Waals surface area contributed by atoms with Gasteiger partial charge in [-0.25, -0.2) is 0 Å². The number of hydrogen-bond donors (Lipinski definition) is 1. The summed E-state index contributed by atoms with van der Waals surface area (Å²) in [5.74, 6) is 0.863. The van der Waals surface area contributed by atoms with E-state index in [0.717, 1.165) is 18.9 Å². The molecule has 0 spiro atoms. The Hall–Kier alpha value is -0.0800. The first-order valence-electron chi connectivity index (χ1n) is 4.66. The van der Waals surface area contributed by atoms with Crippen molar-refractivity contribution in [1.82, 2.24) is 4.90 Å². The molecule has 1 rings (SSSR count). The van der Waals surface area contributed by atoms with Crippen molar-refractivity contribution < 1.29 is 5.11 Å². The van der Waals surface area contributed by atoms with Crippen molar-refractivity contribution in [2.45, 2.75) is 26.2 Å². The maximum absolute atomic E-state index is 8.64. The van der Waals surface area contributed by atoms with Crippen LogP contribution in [0.1, 0.15) is 26.2 Å². The van der Waals surface area contributed by atoms with Crippen LogP contribution in [-0.2, 0) is 0 Å². The third-order valence-corrected chi connectivity index (χ3v) is 2.37. The van der Waals surface area contributed by atoms with Crippen molar-refractivity contribution in [3.8, 4) is 0 Å². The van der Waals surface area contributed by atoms with Gasteiger partial charge in [0.25, 0.3) is 0 Å². The van der Waals surface area contributed by atoms with E-state index in [1.165, 1.54) is 25.9 Å². The number of piperidine rings is 1. The van der Waals surface area contributed by atoms with Crippen LogP contribution < -0.4 is 0 Å². The highest BCUT2D eigenvalue weighted by molar-refractivity contribution is 4.69. The van der Waals surface area contributed by atoms with Crippen molar-refractivity contribution in [3.63, 3.8) is 0 Å². The van der Waals surface area contributed by atoms with Crippen LogP contribution in [0.4, 0.5) is 0 Å². The zero-order valence-electron chi connectivity index (χ0n) is 7.42. The molecule has 0 unspecified atom stereocenters. The van der Waals surface area contributed by atoms with Crippen LogP contribution in [0.25, 0.3) is 0 Å². The van der Waals surface area contributed by atoms with Crippen LogP contribution in [0, 0.1) is 5.92 Å². The molecule has 0 bridgehead atoms. The predicted molar refractivity (Wildman–Crippen MR) is 46.5 cm³/mol. The highest BCUT2D eigenvalue weighted by Gasteiger charge is 2.14. The van der Waals surface area contributed by atoms with Gasteiger partial charge in [-0.1, -0.05) is 6.92 Å². The van der Waals surface area contributed by atoms with Gasteiger partial charge < -0.3 is 10.0 Å². The summed E-state index contributed by atoms with van der Waals surface area (Å²) < 4.78 is 0. The molecule has 1 fully saturated rings. The third-order valence-electron chi connectivity index (χ3n) is 2.37. The van der Waals surface area contributed by atoms with Crippen molar-refractivity contribution in [2.75, 3.05) is 26.2 Å². The van der Waals surface area contributed by atoms with Crippen molar-refractivity contribution in [1.29, 1.82) is 0 Å². The van der Waals surface area contributed by atoms with E-state index in [0.29, 0.717) is 6.61 Å². The Morgan fingerprint density at radius 3 is 3.00 bits per heavy atom. The second-order valence-electron chi connectivity index (χ2n) is 3.63. The van der Waals surface area contributed by atoms with Gasteiger partial charge in [-0.2, -0.15) is 0 Å². The molecular weight excluding hydrogens is 138 g/mol. The van der Waals surface area contributed by atoms with Gasteiger partial charge in [-0.3, -0.25) is 0 Å². The number of likely N-dealkylation sites (tertiary alicyclic amines) is 1. The van der Waals surface area contributed by atoms with Crippen LogP contribution in [0.3, 0.4) is 0 Å². The minimum absolute atomic E-state index is 0.338. The van der Waals surface area contributed by atoms with Crippen LogP contribution in [0.2, 0.25) is 0 Å². The Kier molecular flexibility index (Phi) is 3.87. The number of rotatable bonds is 3. The zero-order valence-corrected chi connectivity index (χ0v) is 7.42. The summed E-state index contributed by atoms with van der Waals surface area (Å²) in [6.07, 6.45) is 3.66. The van der Waals surface area contributed by atoms with Gasteiger partial charge in [0.05, 0.1) is 0 Å². The summed E-state index contributed by atoms with van der Waals surface area (Å²) in [5.41, 5.74) is 0. The molecule has 1 saturated heterocycles. The monoisotopic (exact) mass is 157 g/mol. The molecule has 2 heteroatoms. The number of aliphatic hydroxyl groups is 1. The number of hydrogen-bond acceptors (Lipinski definition) is 2. The van der Waals surface area contributed by atoms with Crippen LogP contribution in [-0.4, -0.2) is 36.2 Å². The average Bonchev–Trinajstić information content (AvgIpc) is 2.01. The van der Waals surface area contributed by atoms with E-state index in [1.807, 2.05) is 0 Å². The normalized spacial score (nSPS) is 27.3. The SMILES string of the molecule is C[C@H]1CCCN(CCCO)C1. The summed E-state index contributed by atoms with van der Waals surface area (Å²) >= 11 is 0. The lowest BCUT2D eigenvalue weighted by atomic mass is 10.0. The lowest BCUT2D eigenvalue weighted by Gasteiger charge is -2.30. The second kappa shape index (κ2) is 4.73. The fourth-order valence-electron chi connectivity index (χ4n) is 1.78. The fourth-order valence-corrected chi connectivity index (χ4v) is 1.78. The maximum atomic E-state index is 8.64. The highest BCUT2D eigenvalue weighted by atomic mass is 16.3.